The lowest BCUT2D eigenvalue weighted by Gasteiger charge is -2.08. The molecule has 0 aliphatic heterocycles. The molecule has 0 aliphatic carbocycles. The molecule has 0 fully saturated rings. The smallest absolute Gasteiger partial charge is 0.233 e. The van der Waals surface area contributed by atoms with E-state index in [1.165, 1.54) is 0 Å². The van der Waals surface area contributed by atoms with Crippen molar-refractivity contribution in [2.75, 3.05) is 26.4 Å². The first-order chi connectivity index (χ1) is 6.07. The first-order valence-corrected chi connectivity index (χ1v) is 5.93. The van der Waals surface area contributed by atoms with Gasteiger partial charge in [0.1, 0.15) is 0 Å². The van der Waals surface area contributed by atoms with Gasteiger partial charge in [-0.2, -0.15) is 0 Å². The number of amides is 1. The second-order valence-electron chi connectivity index (χ2n) is 2.95. The van der Waals surface area contributed by atoms with Gasteiger partial charge < -0.3 is 10.6 Å². The maximum Gasteiger partial charge on any atom is 0.233 e. The number of carbonyl (C=O) groups excluding carboxylic acids is 1. The molecule has 0 rings (SSSR count). The van der Waals surface area contributed by atoms with Gasteiger partial charge in [-0.15, -0.1) is 0 Å². The molecule has 13 heavy (non-hydrogen) atoms. The van der Waals surface area contributed by atoms with Crippen LogP contribution < -0.4 is 10.6 Å². The van der Waals surface area contributed by atoms with Gasteiger partial charge in [-0.1, -0.05) is 6.92 Å². The van der Waals surface area contributed by atoms with Crippen LogP contribution in [0, 0.1) is 0 Å². The summed E-state index contributed by atoms with van der Waals surface area (Å²) in [7, 11) is 0.838. The SMILES string of the molecule is CNC(=O)CNCCC(C)S(C)=O. The Morgan fingerprint density at radius 3 is 2.62 bits per heavy atom. The summed E-state index contributed by atoms with van der Waals surface area (Å²) in [5.74, 6) is -0.0229. The van der Waals surface area contributed by atoms with E-state index >= 15 is 0 Å². The highest BCUT2D eigenvalue weighted by atomic mass is 32.2. The first-order valence-electron chi connectivity index (χ1n) is 4.31. The van der Waals surface area contributed by atoms with Crippen LogP contribution in [0.25, 0.3) is 0 Å². The molecular weight excluding hydrogens is 188 g/mol. The van der Waals surface area contributed by atoms with Crippen LogP contribution in [0.2, 0.25) is 0 Å². The van der Waals surface area contributed by atoms with Crippen LogP contribution in [0.1, 0.15) is 13.3 Å². The molecule has 2 N–H and O–H groups in total. The number of nitrogens with one attached hydrogen (secondary N) is 2. The summed E-state index contributed by atoms with van der Waals surface area (Å²) in [4.78, 5) is 10.8. The van der Waals surface area contributed by atoms with Gasteiger partial charge in [0, 0.05) is 29.4 Å². The predicted molar refractivity (Wildman–Crippen MR) is 55.1 cm³/mol. The van der Waals surface area contributed by atoms with Crippen molar-refractivity contribution in [2.45, 2.75) is 18.6 Å². The minimum absolute atomic E-state index is 0.0229. The number of likely N-dealkylation sites (N-methyl/N-ethyl adjacent to an activating group) is 1. The van der Waals surface area contributed by atoms with E-state index in [4.69, 9.17) is 0 Å². The van der Waals surface area contributed by atoms with E-state index < -0.39 is 10.8 Å². The topological polar surface area (TPSA) is 58.2 Å². The molecule has 0 aromatic carbocycles. The van der Waals surface area contributed by atoms with Gasteiger partial charge in [0.15, 0.2) is 0 Å². The minimum Gasteiger partial charge on any atom is -0.358 e. The summed E-state index contributed by atoms with van der Waals surface area (Å²) in [6, 6.07) is 0. The third-order valence-corrected chi connectivity index (χ3v) is 3.23. The Morgan fingerprint density at radius 2 is 2.15 bits per heavy atom. The highest BCUT2D eigenvalue weighted by Crippen LogP contribution is 1.96. The molecule has 1 amide bonds. The maximum atomic E-state index is 10.9. The third kappa shape index (κ3) is 6.72. The van der Waals surface area contributed by atoms with Gasteiger partial charge in [0.25, 0.3) is 0 Å². The summed E-state index contributed by atoms with van der Waals surface area (Å²) >= 11 is 0. The van der Waals surface area contributed by atoms with Crippen LogP contribution in [0.15, 0.2) is 0 Å². The molecule has 0 spiro atoms. The van der Waals surface area contributed by atoms with Crippen molar-refractivity contribution in [3.05, 3.63) is 0 Å². The lowest BCUT2D eigenvalue weighted by Crippen LogP contribution is -2.32. The Labute approximate surface area is 81.9 Å². The van der Waals surface area contributed by atoms with Crippen LogP contribution in [0.3, 0.4) is 0 Å². The van der Waals surface area contributed by atoms with Crippen molar-refractivity contribution in [3.8, 4) is 0 Å². The van der Waals surface area contributed by atoms with Gasteiger partial charge in [-0.05, 0) is 13.0 Å². The summed E-state index contributed by atoms with van der Waals surface area (Å²) in [6.45, 7) is 3.01. The quantitative estimate of drug-likeness (QED) is 0.575. The van der Waals surface area contributed by atoms with E-state index in [-0.39, 0.29) is 11.2 Å². The highest BCUT2D eigenvalue weighted by molar-refractivity contribution is 7.84. The molecule has 2 atom stereocenters. The van der Waals surface area contributed by atoms with Crippen molar-refractivity contribution in [1.29, 1.82) is 0 Å². The average molecular weight is 206 g/mol. The molecule has 0 aliphatic rings. The van der Waals surface area contributed by atoms with Crippen molar-refractivity contribution in [2.24, 2.45) is 0 Å². The Bertz CT molecular complexity index is 185. The molecule has 0 heterocycles. The fourth-order valence-corrected chi connectivity index (χ4v) is 1.21. The van der Waals surface area contributed by atoms with E-state index in [0.717, 1.165) is 13.0 Å². The van der Waals surface area contributed by atoms with Gasteiger partial charge in [0.2, 0.25) is 5.91 Å². The molecule has 0 aromatic heterocycles. The predicted octanol–water partition coefficient (Wildman–Crippen LogP) is -0.521. The highest BCUT2D eigenvalue weighted by Gasteiger charge is 2.05. The van der Waals surface area contributed by atoms with E-state index in [1.807, 2.05) is 6.92 Å². The molecule has 0 aromatic rings. The second kappa shape index (κ2) is 7.03. The Balaban J connectivity index is 3.35. The monoisotopic (exact) mass is 206 g/mol. The molecule has 4 nitrogen and oxygen atoms in total. The molecule has 0 saturated heterocycles. The van der Waals surface area contributed by atoms with Gasteiger partial charge in [-0.3, -0.25) is 9.00 Å². The summed E-state index contributed by atoms with van der Waals surface area (Å²) in [6.07, 6.45) is 2.53. The standard InChI is InChI=1S/C8H18N2O2S/c1-7(13(3)12)4-5-10-6-8(11)9-2/h7,10H,4-6H2,1-3H3,(H,9,11). The zero-order valence-electron chi connectivity index (χ0n) is 8.42. The zero-order valence-corrected chi connectivity index (χ0v) is 9.24. The maximum absolute atomic E-state index is 10.9. The van der Waals surface area contributed by atoms with Crippen LogP contribution in [-0.2, 0) is 15.6 Å². The van der Waals surface area contributed by atoms with Crippen molar-refractivity contribution in [3.63, 3.8) is 0 Å². The number of hydrogen-bond donors (Lipinski definition) is 2. The lowest BCUT2D eigenvalue weighted by molar-refractivity contribution is -0.119. The molecule has 78 valence electrons. The molecule has 0 radical (unpaired) electrons. The molecule has 5 heteroatoms. The van der Waals surface area contributed by atoms with Crippen molar-refractivity contribution in [1.82, 2.24) is 10.6 Å². The Morgan fingerprint density at radius 1 is 1.54 bits per heavy atom. The summed E-state index contributed by atoms with van der Waals surface area (Å²) < 4.78 is 10.9. The van der Waals surface area contributed by atoms with Gasteiger partial charge in [-0.25, -0.2) is 0 Å². The summed E-state index contributed by atoms with van der Waals surface area (Å²) in [5, 5.41) is 5.68. The number of carbonyl (C=O) groups is 1. The number of hydrogen-bond acceptors (Lipinski definition) is 3. The van der Waals surface area contributed by atoms with Crippen LogP contribution in [-0.4, -0.2) is 41.8 Å². The van der Waals surface area contributed by atoms with Gasteiger partial charge >= 0.3 is 0 Å². The third-order valence-electron chi connectivity index (χ3n) is 1.86. The molecular formula is C8H18N2O2S. The minimum atomic E-state index is -0.767. The van der Waals surface area contributed by atoms with Crippen LogP contribution in [0.5, 0.6) is 0 Å². The van der Waals surface area contributed by atoms with E-state index in [2.05, 4.69) is 10.6 Å². The van der Waals surface area contributed by atoms with E-state index in [1.54, 1.807) is 13.3 Å². The van der Waals surface area contributed by atoms with E-state index in [0.29, 0.717) is 6.54 Å². The Hall–Kier alpha value is -0.420. The largest absolute Gasteiger partial charge is 0.358 e. The Kier molecular flexibility index (Phi) is 6.80. The van der Waals surface area contributed by atoms with E-state index in [9.17, 15) is 9.00 Å². The van der Waals surface area contributed by atoms with Crippen molar-refractivity contribution < 1.29 is 9.00 Å². The number of rotatable bonds is 6. The molecule has 2 unspecified atom stereocenters. The lowest BCUT2D eigenvalue weighted by atomic mass is 10.3. The van der Waals surface area contributed by atoms with Crippen molar-refractivity contribution >= 4 is 16.7 Å². The molecule has 0 bridgehead atoms. The zero-order chi connectivity index (χ0) is 10.3. The fourth-order valence-electron chi connectivity index (χ4n) is 0.762. The van der Waals surface area contributed by atoms with Gasteiger partial charge in [0.05, 0.1) is 6.54 Å². The van der Waals surface area contributed by atoms with Crippen LogP contribution >= 0.6 is 0 Å². The normalized spacial score (nSPS) is 15.0. The average Bonchev–Trinajstić information content (AvgIpc) is 2.11. The second-order valence-corrected chi connectivity index (χ2v) is 4.75. The summed E-state index contributed by atoms with van der Waals surface area (Å²) in [5.41, 5.74) is 0. The fraction of sp³-hybridized carbons (Fsp3) is 0.875. The first kappa shape index (κ1) is 12.6. The molecule has 0 saturated carbocycles. The van der Waals surface area contributed by atoms with Crippen LogP contribution in [0.4, 0.5) is 0 Å².